The van der Waals surface area contributed by atoms with Gasteiger partial charge in [0.2, 0.25) is 0 Å². The smallest absolute Gasteiger partial charge is 0.164 e. The minimum atomic E-state index is -0.125. The third kappa shape index (κ3) is 4.79. The van der Waals surface area contributed by atoms with E-state index in [0.29, 0.717) is 24.1 Å². The van der Waals surface area contributed by atoms with Crippen LogP contribution in [0.25, 0.3) is 78.3 Å². The maximum atomic E-state index is 6.35. The minimum Gasteiger partial charge on any atom is -0.488 e. The van der Waals surface area contributed by atoms with Crippen LogP contribution in [0.3, 0.4) is 0 Å². The lowest BCUT2D eigenvalue weighted by atomic mass is 9.76. The zero-order chi connectivity index (χ0) is 34.1. The highest BCUT2D eigenvalue weighted by molar-refractivity contribution is 5.93. The van der Waals surface area contributed by atoms with E-state index in [-0.39, 0.29) is 5.41 Å². The number of ether oxygens (including phenoxy) is 1. The number of hydrogen-bond acceptors (Lipinski definition) is 4. The number of aromatic nitrogens is 3. The van der Waals surface area contributed by atoms with Gasteiger partial charge in [-0.05, 0) is 79.5 Å². The Morgan fingerprint density at radius 3 is 1.96 bits per heavy atom. The average Bonchev–Trinajstić information content (AvgIpc) is 3.43. The van der Waals surface area contributed by atoms with E-state index >= 15 is 0 Å². The molecule has 0 N–H and O–H groups in total. The molecule has 7 aromatic carbocycles. The molecule has 0 radical (unpaired) electrons. The van der Waals surface area contributed by atoms with Crippen molar-refractivity contribution in [3.8, 4) is 73.3 Å². The van der Waals surface area contributed by atoms with E-state index in [4.69, 9.17) is 19.7 Å². The summed E-state index contributed by atoms with van der Waals surface area (Å²) in [6.45, 7) is 5.27. The molecular formula is C47H33N3O. The van der Waals surface area contributed by atoms with Gasteiger partial charge in [-0.15, -0.1) is 0 Å². The molecule has 4 heteroatoms. The van der Waals surface area contributed by atoms with Gasteiger partial charge in [0.05, 0.1) is 0 Å². The van der Waals surface area contributed by atoms with Gasteiger partial charge in [-0.25, -0.2) is 15.0 Å². The van der Waals surface area contributed by atoms with Gasteiger partial charge in [-0.3, -0.25) is 0 Å². The van der Waals surface area contributed by atoms with Crippen LogP contribution < -0.4 is 4.74 Å². The molecule has 0 unspecified atom stereocenters. The topological polar surface area (TPSA) is 47.9 Å². The van der Waals surface area contributed by atoms with Crippen LogP contribution >= 0.6 is 0 Å². The highest BCUT2D eigenvalue weighted by atomic mass is 16.5. The number of fused-ring (bicyclic) bond motifs is 8. The molecule has 1 aromatic heterocycles. The Balaban J connectivity index is 1.10. The van der Waals surface area contributed by atoms with Crippen molar-refractivity contribution in [2.24, 2.45) is 0 Å². The molecule has 2 aliphatic rings. The molecular weight excluding hydrogens is 623 g/mol. The number of rotatable bonds is 4. The second-order valence-corrected chi connectivity index (χ2v) is 14.0. The van der Waals surface area contributed by atoms with Crippen molar-refractivity contribution in [3.63, 3.8) is 0 Å². The summed E-state index contributed by atoms with van der Waals surface area (Å²) in [5, 5.41) is 2.33. The van der Waals surface area contributed by atoms with Crippen LogP contribution in [0.4, 0.5) is 0 Å². The first kappa shape index (κ1) is 29.5. The molecule has 242 valence electrons. The Morgan fingerprint density at radius 2 is 1.12 bits per heavy atom. The van der Waals surface area contributed by atoms with Crippen LogP contribution in [0.2, 0.25) is 0 Å². The molecule has 0 amide bonds. The summed E-state index contributed by atoms with van der Waals surface area (Å²) in [5.41, 5.74) is 14.0. The first-order chi connectivity index (χ1) is 25.0. The SMILES string of the molecule is CC1(C)c2ccccc2-c2ccc3c(c21)-c1cc(-c2cccc(-c4nc(-c5ccccc5)nc(-c5ccc6ccccc6c5)n4)c2)ccc1OC3. The van der Waals surface area contributed by atoms with E-state index in [1.807, 2.05) is 30.3 Å². The Hall–Kier alpha value is -6.39. The van der Waals surface area contributed by atoms with Gasteiger partial charge in [0.25, 0.3) is 0 Å². The Bertz CT molecular complexity index is 2680. The van der Waals surface area contributed by atoms with Crippen molar-refractivity contribution in [3.05, 3.63) is 168 Å². The van der Waals surface area contributed by atoms with Crippen LogP contribution in [0, 0.1) is 0 Å². The van der Waals surface area contributed by atoms with E-state index in [1.165, 1.54) is 38.8 Å². The summed E-state index contributed by atoms with van der Waals surface area (Å²) in [5.74, 6) is 2.86. The molecule has 1 aliphatic carbocycles. The first-order valence-corrected chi connectivity index (χ1v) is 17.5. The fourth-order valence-electron chi connectivity index (χ4n) is 8.05. The van der Waals surface area contributed by atoms with Gasteiger partial charge in [-0.1, -0.05) is 141 Å². The first-order valence-electron chi connectivity index (χ1n) is 17.5. The third-order valence-corrected chi connectivity index (χ3v) is 10.6. The molecule has 0 saturated carbocycles. The number of nitrogens with zero attached hydrogens (tertiary/aromatic N) is 3. The highest BCUT2D eigenvalue weighted by Gasteiger charge is 2.39. The molecule has 51 heavy (non-hydrogen) atoms. The van der Waals surface area contributed by atoms with Crippen LogP contribution in [0.5, 0.6) is 5.75 Å². The van der Waals surface area contributed by atoms with Gasteiger partial charge in [0.1, 0.15) is 12.4 Å². The van der Waals surface area contributed by atoms with Crippen LogP contribution in [0.1, 0.15) is 30.5 Å². The molecule has 8 aromatic rings. The van der Waals surface area contributed by atoms with Gasteiger partial charge in [-0.2, -0.15) is 0 Å². The van der Waals surface area contributed by atoms with Crippen molar-refractivity contribution < 1.29 is 4.74 Å². The Kier molecular flexibility index (Phi) is 6.56. The molecule has 4 nitrogen and oxygen atoms in total. The summed E-state index contributed by atoms with van der Waals surface area (Å²) >= 11 is 0. The average molecular weight is 656 g/mol. The zero-order valence-electron chi connectivity index (χ0n) is 28.4. The van der Waals surface area contributed by atoms with Crippen molar-refractivity contribution in [2.45, 2.75) is 25.9 Å². The molecule has 0 spiro atoms. The lowest BCUT2D eigenvalue weighted by molar-refractivity contribution is 0.302. The molecule has 0 atom stereocenters. The van der Waals surface area contributed by atoms with E-state index in [0.717, 1.165) is 44.5 Å². The van der Waals surface area contributed by atoms with Crippen LogP contribution in [-0.4, -0.2) is 15.0 Å². The normalized spacial score (nSPS) is 13.5. The van der Waals surface area contributed by atoms with E-state index < -0.39 is 0 Å². The Morgan fingerprint density at radius 1 is 0.471 bits per heavy atom. The van der Waals surface area contributed by atoms with Crippen molar-refractivity contribution in [2.75, 3.05) is 0 Å². The van der Waals surface area contributed by atoms with Gasteiger partial charge in [0.15, 0.2) is 17.5 Å². The van der Waals surface area contributed by atoms with Crippen molar-refractivity contribution in [1.82, 2.24) is 15.0 Å². The number of benzene rings is 7. The fourth-order valence-corrected chi connectivity index (χ4v) is 8.05. The lowest BCUT2D eigenvalue weighted by Crippen LogP contribution is -2.18. The summed E-state index contributed by atoms with van der Waals surface area (Å²) in [6, 6.07) is 53.4. The van der Waals surface area contributed by atoms with E-state index in [9.17, 15) is 0 Å². The lowest BCUT2D eigenvalue weighted by Gasteiger charge is -2.30. The fraction of sp³-hybridized carbons (Fsp3) is 0.0851. The van der Waals surface area contributed by atoms with Crippen LogP contribution in [-0.2, 0) is 12.0 Å². The maximum absolute atomic E-state index is 6.35. The maximum Gasteiger partial charge on any atom is 0.164 e. The minimum absolute atomic E-state index is 0.125. The summed E-state index contributed by atoms with van der Waals surface area (Å²) in [4.78, 5) is 15.1. The molecule has 10 rings (SSSR count). The standard InChI is InChI=1S/C47H33N3O/c1-47(2)40-18-9-8-17-37(40)38-23-21-36-28-51-41-24-22-33(27-39(41)42(36)43(38)47)32-15-10-16-34(26-32)45-48-44(30-12-4-3-5-13-30)49-46(50-45)35-20-19-29-11-6-7-14-31(29)25-35/h3-27H,28H2,1-2H3. The van der Waals surface area contributed by atoms with Crippen LogP contribution in [0.15, 0.2) is 152 Å². The molecule has 1 aliphatic heterocycles. The zero-order valence-corrected chi connectivity index (χ0v) is 28.4. The molecule has 0 bridgehead atoms. The highest BCUT2D eigenvalue weighted by Crippen LogP contribution is 2.55. The predicted molar refractivity (Wildman–Crippen MR) is 206 cm³/mol. The molecule has 2 heterocycles. The number of hydrogen-bond donors (Lipinski definition) is 0. The van der Waals surface area contributed by atoms with Gasteiger partial charge >= 0.3 is 0 Å². The monoisotopic (exact) mass is 655 g/mol. The molecule has 0 saturated heterocycles. The second kappa shape index (κ2) is 11.3. The van der Waals surface area contributed by atoms with Crippen molar-refractivity contribution in [1.29, 1.82) is 0 Å². The Labute approximate surface area is 297 Å². The quantitative estimate of drug-likeness (QED) is 0.189. The largest absolute Gasteiger partial charge is 0.488 e. The van der Waals surface area contributed by atoms with Gasteiger partial charge < -0.3 is 4.74 Å². The van der Waals surface area contributed by atoms with E-state index in [2.05, 4.69) is 135 Å². The summed E-state index contributed by atoms with van der Waals surface area (Å²) in [7, 11) is 0. The third-order valence-electron chi connectivity index (χ3n) is 10.6. The summed E-state index contributed by atoms with van der Waals surface area (Å²) in [6.07, 6.45) is 0. The van der Waals surface area contributed by atoms with E-state index in [1.54, 1.807) is 0 Å². The molecule has 0 fully saturated rings. The van der Waals surface area contributed by atoms with Crippen molar-refractivity contribution >= 4 is 10.8 Å². The predicted octanol–water partition coefficient (Wildman–Crippen LogP) is 11.6. The summed E-state index contributed by atoms with van der Waals surface area (Å²) < 4.78 is 6.35. The van der Waals surface area contributed by atoms with Gasteiger partial charge in [0, 0.05) is 27.7 Å². The second-order valence-electron chi connectivity index (χ2n) is 14.0.